The molecular weight excluding hydrogens is 232 g/mol. The van der Waals surface area contributed by atoms with Crippen LogP contribution >= 0.6 is 0 Å². The van der Waals surface area contributed by atoms with Crippen LogP contribution in [0.3, 0.4) is 0 Å². The molecule has 2 aliphatic rings. The predicted octanol–water partition coefficient (Wildman–Crippen LogP) is 4.07. The lowest BCUT2D eigenvalue weighted by atomic mass is 9.89. The van der Waals surface area contributed by atoms with E-state index in [-0.39, 0.29) is 5.41 Å². The fraction of sp³-hybridized carbons (Fsp3) is 0.353. The number of hydrogen-bond acceptors (Lipinski definition) is 1. The molecule has 2 aliphatic heterocycles. The van der Waals surface area contributed by atoms with Crippen LogP contribution in [0.2, 0.25) is 0 Å². The third-order valence-electron chi connectivity index (χ3n) is 4.02. The molecule has 0 saturated heterocycles. The molecular formula is C17H21N2+. The molecule has 2 heteroatoms. The Kier molecular flexibility index (Phi) is 2.39. The summed E-state index contributed by atoms with van der Waals surface area (Å²) in [4.78, 5) is 4.72. The Labute approximate surface area is 115 Å². The van der Waals surface area contributed by atoms with E-state index in [9.17, 15) is 0 Å². The molecule has 0 aromatic heterocycles. The van der Waals surface area contributed by atoms with Gasteiger partial charge in [0.15, 0.2) is 0 Å². The summed E-state index contributed by atoms with van der Waals surface area (Å²) in [5, 5.41) is 0. The van der Waals surface area contributed by atoms with Crippen LogP contribution < -0.4 is 0 Å². The second-order valence-corrected chi connectivity index (χ2v) is 6.70. The van der Waals surface area contributed by atoms with E-state index in [4.69, 9.17) is 4.99 Å². The molecule has 2 nitrogen and oxygen atoms in total. The summed E-state index contributed by atoms with van der Waals surface area (Å²) in [6.45, 7) is 8.88. The Morgan fingerprint density at radius 1 is 1.16 bits per heavy atom. The average molecular weight is 253 g/mol. The number of fused-ring (bicyclic) bond motifs is 3. The molecule has 0 bridgehead atoms. The van der Waals surface area contributed by atoms with Gasteiger partial charge in [-0.05, 0) is 18.6 Å². The molecule has 0 fully saturated rings. The van der Waals surface area contributed by atoms with Crippen molar-refractivity contribution in [3.05, 3.63) is 53.0 Å². The fourth-order valence-electron chi connectivity index (χ4n) is 3.09. The fourth-order valence-corrected chi connectivity index (χ4v) is 3.09. The number of aryl methyl sites for hydroxylation is 1. The van der Waals surface area contributed by atoms with Gasteiger partial charge in [-0.2, -0.15) is 4.99 Å². The highest BCUT2D eigenvalue weighted by Crippen LogP contribution is 2.41. The molecule has 0 N–H and O–H groups in total. The third-order valence-corrected chi connectivity index (χ3v) is 4.02. The van der Waals surface area contributed by atoms with Crippen LogP contribution in [-0.2, 0) is 0 Å². The van der Waals surface area contributed by atoms with Gasteiger partial charge < -0.3 is 0 Å². The SMILES string of the molecule is Cc1ccc2c(c1)C=C[N+]1(C)C(C(C)(C)C)=CN=C21. The standard InChI is InChI=1S/C17H21N2/c1-12-6-7-14-13(10-12)8-9-19(5)15(17(2,3)4)11-18-16(14)19/h6-11H,1-5H3/q+1. The van der Waals surface area contributed by atoms with Crippen molar-refractivity contribution in [2.45, 2.75) is 27.7 Å². The van der Waals surface area contributed by atoms with E-state index < -0.39 is 0 Å². The van der Waals surface area contributed by atoms with E-state index in [1.54, 1.807) is 0 Å². The Bertz CT molecular complexity index is 642. The molecule has 1 aromatic carbocycles. The van der Waals surface area contributed by atoms with E-state index in [0.29, 0.717) is 4.48 Å². The topological polar surface area (TPSA) is 12.4 Å². The van der Waals surface area contributed by atoms with Crippen LogP contribution in [0.25, 0.3) is 6.08 Å². The van der Waals surface area contributed by atoms with Crippen LogP contribution in [0, 0.1) is 12.3 Å². The van der Waals surface area contributed by atoms with Crippen molar-refractivity contribution < 1.29 is 4.48 Å². The summed E-state index contributed by atoms with van der Waals surface area (Å²) in [6, 6.07) is 6.59. The maximum Gasteiger partial charge on any atom is 0.245 e. The number of aliphatic imine (C=N–C) groups is 1. The highest BCUT2D eigenvalue weighted by Gasteiger charge is 2.45. The van der Waals surface area contributed by atoms with Crippen LogP contribution in [0.15, 0.2) is 41.3 Å². The summed E-state index contributed by atoms with van der Waals surface area (Å²) >= 11 is 0. The van der Waals surface area contributed by atoms with Gasteiger partial charge in [-0.15, -0.1) is 0 Å². The van der Waals surface area contributed by atoms with Gasteiger partial charge in [0.2, 0.25) is 5.84 Å². The summed E-state index contributed by atoms with van der Waals surface area (Å²) in [5.41, 5.74) is 5.28. The summed E-state index contributed by atoms with van der Waals surface area (Å²) < 4.78 is 0.708. The number of allylic oxidation sites excluding steroid dienone is 1. The highest BCUT2D eigenvalue weighted by molar-refractivity contribution is 6.01. The van der Waals surface area contributed by atoms with E-state index in [2.05, 4.69) is 71.4 Å². The maximum absolute atomic E-state index is 4.72. The molecule has 98 valence electrons. The van der Waals surface area contributed by atoms with Gasteiger partial charge in [0.05, 0.1) is 18.8 Å². The number of amidine groups is 1. The first-order chi connectivity index (χ1) is 8.82. The number of quaternary nitrogens is 1. The lowest BCUT2D eigenvalue weighted by Gasteiger charge is -2.36. The van der Waals surface area contributed by atoms with Gasteiger partial charge in [-0.25, -0.2) is 4.48 Å². The Morgan fingerprint density at radius 2 is 1.89 bits per heavy atom. The summed E-state index contributed by atoms with van der Waals surface area (Å²) in [7, 11) is 2.22. The molecule has 0 radical (unpaired) electrons. The molecule has 0 aliphatic carbocycles. The molecule has 3 rings (SSSR count). The van der Waals surface area contributed by atoms with Gasteiger partial charge in [-0.1, -0.05) is 38.5 Å². The minimum absolute atomic E-state index is 0.118. The summed E-state index contributed by atoms with van der Waals surface area (Å²) in [6.07, 6.45) is 6.53. The van der Waals surface area contributed by atoms with Crippen LogP contribution in [0.1, 0.15) is 37.5 Å². The zero-order valence-corrected chi connectivity index (χ0v) is 12.4. The van der Waals surface area contributed by atoms with Crippen molar-refractivity contribution in [2.75, 3.05) is 7.05 Å². The Balaban J connectivity index is 2.15. The minimum atomic E-state index is 0.118. The van der Waals surface area contributed by atoms with Crippen molar-refractivity contribution in [3.63, 3.8) is 0 Å². The summed E-state index contributed by atoms with van der Waals surface area (Å²) in [5.74, 6) is 1.14. The molecule has 0 spiro atoms. The Hall–Kier alpha value is -1.67. The van der Waals surface area contributed by atoms with Crippen LogP contribution in [-0.4, -0.2) is 17.4 Å². The Morgan fingerprint density at radius 3 is 2.58 bits per heavy atom. The first-order valence-corrected chi connectivity index (χ1v) is 6.78. The van der Waals surface area contributed by atoms with Crippen molar-refractivity contribution in [1.29, 1.82) is 0 Å². The van der Waals surface area contributed by atoms with E-state index in [1.165, 1.54) is 22.4 Å². The average Bonchev–Trinajstić information content (AvgIpc) is 2.66. The predicted molar refractivity (Wildman–Crippen MR) is 80.5 cm³/mol. The molecule has 2 heterocycles. The third kappa shape index (κ3) is 1.71. The first-order valence-electron chi connectivity index (χ1n) is 6.78. The number of rotatable bonds is 0. The maximum atomic E-state index is 4.72. The smallest absolute Gasteiger partial charge is 0.220 e. The zero-order chi connectivity index (χ0) is 13.8. The normalized spacial score (nSPS) is 24.7. The van der Waals surface area contributed by atoms with Crippen molar-refractivity contribution >= 4 is 11.9 Å². The van der Waals surface area contributed by atoms with Gasteiger partial charge in [0.25, 0.3) is 0 Å². The molecule has 1 atom stereocenters. The lowest BCUT2D eigenvalue weighted by molar-refractivity contribution is -0.726. The quantitative estimate of drug-likeness (QED) is 0.618. The second-order valence-electron chi connectivity index (χ2n) is 6.70. The number of benzene rings is 1. The number of nitrogens with zero attached hydrogens (tertiary/aromatic N) is 2. The van der Waals surface area contributed by atoms with Crippen LogP contribution in [0.5, 0.6) is 0 Å². The van der Waals surface area contributed by atoms with Crippen LogP contribution in [0.4, 0.5) is 0 Å². The lowest BCUT2D eigenvalue weighted by Crippen LogP contribution is -2.46. The second kappa shape index (κ2) is 3.67. The largest absolute Gasteiger partial charge is 0.245 e. The van der Waals surface area contributed by atoms with Gasteiger partial charge in [0, 0.05) is 11.5 Å². The van der Waals surface area contributed by atoms with Gasteiger partial charge in [0.1, 0.15) is 11.9 Å². The van der Waals surface area contributed by atoms with Crippen molar-refractivity contribution in [2.24, 2.45) is 10.4 Å². The van der Waals surface area contributed by atoms with Gasteiger partial charge >= 0.3 is 0 Å². The zero-order valence-electron chi connectivity index (χ0n) is 12.4. The van der Waals surface area contributed by atoms with E-state index in [1.807, 2.05) is 0 Å². The molecule has 0 saturated carbocycles. The molecule has 1 aromatic rings. The van der Waals surface area contributed by atoms with Gasteiger partial charge in [-0.3, -0.25) is 0 Å². The van der Waals surface area contributed by atoms with E-state index in [0.717, 1.165) is 5.84 Å². The first kappa shape index (κ1) is 12.4. The van der Waals surface area contributed by atoms with Crippen molar-refractivity contribution in [1.82, 2.24) is 0 Å². The molecule has 0 amide bonds. The van der Waals surface area contributed by atoms with Crippen molar-refractivity contribution in [3.8, 4) is 0 Å². The van der Waals surface area contributed by atoms with E-state index >= 15 is 0 Å². The number of hydrogen-bond donors (Lipinski definition) is 0. The highest BCUT2D eigenvalue weighted by atomic mass is 15.4. The minimum Gasteiger partial charge on any atom is -0.220 e. The molecule has 1 unspecified atom stereocenters. The monoisotopic (exact) mass is 253 g/mol. The molecule has 19 heavy (non-hydrogen) atoms.